The summed E-state index contributed by atoms with van der Waals surface area (Å²) >= 11 is 12.4. The van der Waals surface area contributed by atoms with Crippen molar-refractivity contribution in [3.05, 3.63) is 62.6 Å². The molecule has 0 atom stereocenters. The van der Waals surface area contributed by atoms with Gasteiger partial charge in [-0.15, -0.1) is 0 Å². The first-order valence-electron chi connectivity index (χ1n) is 11.8. The van der Waals surface area contributed by atoms with Crippen molar-refractivity contribution in [1.82, 2.24) is 6.15 Å². The molecule has 0 unspecified atom stereocenters. The average molecular weight is 534 g/mol. The molecule has 4 fully saturated rings. The van der Waals surface area contributed by atoms with Crippen LogP contribution in [0.4, 0.5) is 0 Å². The van der Waals surface area contributed by atoms with Gasteiger partial charge in [0, 0.05) is 0 Å². The van der Waals surface area contributed by atoms with E-state index in [1.807, 2.05) is 6.08 Å². The summed E-state index contributed by atoms with van der Waals surface area (Å²) in [5, 5.41) is 39.2. The minimum absolute atomic E-state index is 0. The lowest BCUT2D eigenvalue weighted by molar-refractivity contribution is -0.0506. The second-order valence-corrected chi connectivity index (χ2v) is 11.4. The Kier molecular flexibility index (Phi) is 7.03. The van der Waals surface area contributed by atoms with Gasteiger partial charge in [-0.3, -0.25) is 0 Å². The molecular weight excluding hydrogens is 505 g/mol. The van der Waals surface area contributed by atoms with Gasteiger partial charge >= 0.3 is 11.9 Å². The SMILES string of the molecule is N.O=C(O)c1cc(C(=CCC23CC4CC(CC(C4)C2)C3)c2cc(Cl)c(O)c(C(=O)O)c2)cc(Cl)c1O. The van der Waals surface area contributed by atoms with Gasteiger partial charge < -0.3 is 26.6 Å². The number of hydrogen-bond donors (Lipinski definition) is 5. The van der Waals surface area contributed by atoms with E-state index in [9.17, 15) is 30.0 Å². The van der Waals surface area contributed by atoms with Gasteiger partial charge in [0.05, 0.1) is 10.0 Å². The molecule has 6 rings (SSSR count). The standard InChI is InChI=1S/C27H26Cl2O6.H3N/c28-21-8-16(6-19(23(21)30)25(32)33)18(17-7-20(26(34)35)24(31)22(29)9-17)1-2-27-10-13-3-14(11-27)5-15(4-13)12-27;/h1,6-9,13-15,30-31H,2-5,10-12H2,(H,32,33)(H,34,35);1H3. The molecule has 7 N–H and O–H groups in total. The van der Waals surface area contributed by atoms with E-state index in [4.69, 9.17) is 23.2 Å². The van der Waals surface area contributed by atoms with Crippen molar-refractivity contribution in [1.29, 1.82) is 0 Å². The highest BCUT2D eigenvalue weighted by Crippen LogP contribution is 2.61. The molecule has 2 aromatic carbocycles. The molecule has 4 saturated carbocycles. The molecule has 4 aliphatic carbocycles. The predicted octanol–water partition coefficient (Wildman–Crippen LogP) is 7.00. The van der Waals surface area contributed by atoms with Crippen LogP contribution in [-0.2, 0) is 0 Å². The van der Waals surface area contributed by atoms with Crippen molar-refractivity contribution in [3.63, 3.8) is 0 Å². The van der Waals surface area contributed by atoms with E-state index < -0.39 is 23.4 Å². The van der Waals surface area contributed by atoms with Crippen molar-refractivity contribution < 1.29 is 30.0 Å². The van der Waals surface area contributed by atoms with E-state index in [0.29, 0.717) is 16.7 Å². The number of carbonyl (C=O) groups is 2. The largest absolute Gasteiger partial charge is 0.505 e. The summed E-state index contributed by atoms with van der Waals surface area (Å²) in [6.45, 7) is 0. The molecule has 0 radical (unpaired) electrons. The first-order chi connectivity index (χ1) is 16.5. The van der Waals surface area contributed by atoms with Gasteiger partial charge in [-0.1, -0.05) is 29.3 Å². The number of rotatable bonds is 6. The van der Waals surface area contributed by atoms with Crippen LogP contribution in [0.2, 0.25) is 10.0 Å². The molecule has 2 aromatic rings. The second kappa shape index (κ2) is 9.61. The highest BCUT2D eigenvalue weighted by Gasteiger charge is 2.50. The van der Waals surface area contributed by atoms with Crippen LogP contribution in [0.25, 0.3) is 5.57 Å². The van der Waals surface area contributed by atoms with E-state index in [2.05, 4.69) is 0 Å². The van der Waals surface area contributed by atoms with E-state index in [0.717, 1.165) is 43.4 Å². The Bertz CT molecular complexity index is 1160. The van der Waals surface area contributed by atoms with Crippen LogP contribution in [0, 0.1) is 23.2 Å². The molecule has 36 heavy (non-hydrogen) atoms. The maximum Gasteiger partial charge on any atom is 0.339 e. The third-order valence-electron chi connectivity index (χ3n) is 8.11. The molecule has 0 heterocycles. The molecule has 0 aromatic heterocycles. The molecule has 192 valence electrons. The van der Waals surface area contributed by atoms with Crippen LogP contribution in [0.1, 0.15) is 76.8 Å². The first-order valence-corrected chi connectivity index (χ1v) is 12.5. The summed E-state index contributed by atoms with van der Waals surface area (Å²) < 4.78 is 0. The fraction of sp³-hybridized carbons (Fsp3) is 0.407. The maximum atomic E-state index is 11.7. The van der Waals surface area contributed by atoms with Gasteiger partial charge in [0.15, 0.2) is 0 Å². The zero-order chi connectivity index (χ0) is 25.1. The van der Waals surface area contributed by atoms with Gasteiger partial charge in [-0.25, -0.2) is 9.59 Å². The van der Waals surface area contributed by atoms with Gasteiger partial charge in [-0.05, 0) is 109 Å². The Balaban J connectivity index is 0.00000304. The lowest BCUT2D eigenvalue weighted by Gasteiger charge is -2.56. The van der Waals surface area contributed by atoms with Crippen molar-refractivity contribution in [2.75, 3.05) is 0 Å². The van der Waals surface area contributed by atoms with Crippen molar-refractivity contribution in [3.8, 4) is 11.5 Å². The molecule has 0 amide bonds. The molecule has 9 heteroatoms. The smallest absolute Gasteiger partial charge is 0.339 e. The average Bonchev–Trinajstić information content (AvgIpc) is 2.76. The van der Waals surface area contributed by atoms with Crippen LogP contribution < -0.4 is 6.15 Å². The number of allylic oxidation sites excluding steroid dienone is 1. The van der Waals surface area contributed by atoms with E-state index >= 15 is 0 Å². The number of phenols is 2. The highest BCUT2D eigenvalue weighted by atomic mass is 35.5. The topological polar surface area (TPSA) is 150 Å². The Morgan fingerprint density at radius 3 is 1.56 bits per heavy atom. The molecule has 7 nitrogen and oxygen atoms in total. The van der Waals surface area contributed by atoms with Crippen LogP contribution in [0.5, 0.6) is 11.5 Å². The lowest BCUT2D eigenvalue weighted by Crippen LogP contribution is -2.45. The Hall–Kier alpha value is -2.74. The lowest BCUT2D eigenvalue weighted by atomic mass is 9.49. The van der Waals surface area contributed by atoms with Crippen molar-refractivity contribution >= 4 is 40.7 Å². The predicted molar refractivity (Wildman–Crippen MR) is 137 cm³/mol. The number of halogens is 2. The maximum absolute atomic E-state index is 11.7. The summed E-state index contributed by atoms with van der Waals surface area (Å²) in [7, 11) is 0. The van der Waals surface area contributed by atoms with Gasteiger partial charge in [-0.2, -0.15) is 0 Å². The fourth-order valence-corrected chi connectivity index (χ4v) is 7.53. The Labute approximate surface area is 218 Å². The quantitative estimate of drug-likeness (QED) is 0.268. The van der Waals surface area contributed by atoms with E-state index in [-0.39, 0.29) is 32.7 Å². The van der Waals surface area contributed by atoms with Gasteiger partial charge in [0.1, 0.15) is 22.6 Å². The monoisotopic (exact) mass is 533 g/mol. The minimum atomic E-state index is -1.33. The van der Waals surface area contributed by atoms with E-state index in [1.165, 1.54) is 43.5 Å². The van der Waals surface area contributed by atoms with Crippen molar-refractivity contribution in [2.24, 2.45) is 23.2 Å². The molecule has 0 spiro atoms. The van der Waals surface area contributed by atoms with Crippen LogP contribution >= 0.6 is 23.2 Å². The summed E-state index contributed by atoms with van der Waals surface area (Å²) in [5.41, 5.74) is 0.885. The minimum Gasteiger partial charge on any atom is -0.505 e. The summed E-state index contributed by atoms with van der Waals surface area (Å²) in [6, 6.07) is 5.60. The van der Waals surface area contributed by atoms with Crippen LogP contribution in [-0.4, -0.2) is 32.4 Å². The number of carboxylic acids is 2. The summed E-state index contributed by atoms with van der Waals surface area (Å²) in [5.74, 6) is -1.47. The number of aromatic hydroxyl groups is 2. The third-order valence-corrected chi connectivity index (χ3v) is 8.69. The fourth-order valence-electron chi connectivity index (χ4n) is 7.10. The van der Waals surface area contributed by atoms with Gasteiger partial charge in [0.25, 0.3) is 0 Å². The van der Waals surface area contributed by atoms with Crippen LogP contribution in [0.15, 0.2) is 30.3 Å². The zero-order valence-corrected chi connectivity index (χ0v) is 21.1. The number of aromatic carboxylic acids is 2. The van der Waals surface area contributed by atoms with Gasteiger partial charge in [0.2, 0.25) is 0 Å². The van der Waals surface area contributed by atoms with Crippen molar-refractivity contribution in [2.45, 2.75) is 44.9 Å². The Morgan fingerprint density at radius 2 is 1.19 bits per heavy atom. The normalized spacial score (nSPS) is 25.8. The summed E-state index contributed by atoms with van der Waals surface area (Å²) in [4.78, 5) is 23.5. The summed E-state index contributed by atoms with van der Waals surface area (Å²) in [6.07, 6.45) is 10.2. The van der Waals surface area contributed by atoms with E-state index in [1.54, 1.807) is 0 Å². The molecule has 0 aliphatic heterocycles. The number of carboxylic acid groups (broad SMARTS) is 2. The second-order valence-electron chi connectivity index (χ2n) is 10.6. The number of benzene rings is 2. The third kappa shape index (κ3) is 4.67. The zero-order valence-electron chi connectivity index (χ0n) is 19.6. The molecular formula is C27H29Cl2NO6. The highest BCUT2D eigenvalue weighted by molar-refractivity contribution is 6.33. The molecule has 4 bridgehead atoms. The van der Waals surface area contributed by atoms with Crippen LogP contribution in [0.3, 0.4) is 0 Å². The number of hydrogen-bond acceptors (Lipinski definition) is 5. The Morgan fingerprint density at radius 1 is 0.806 bits per heavy atom. The molecule has 4 aliphatic rings. The molecule has 0 saturated heterocycles. The first kappa shape index (κ1) is 26.3.